The third kappa shape index (κ3) is 3.23. The summed E-state index contributed by atoms with van der Waals surface area (Å²) in [6.45, 7) is 10.9. The maximum absolute atomic E-state index is 8.58. The molecule has 0 fully saturated rings. The lowest BCUT2D eigenvalue weighted by atomic mass is 10.00. The van der Waals surface area contributed by atoms with Crippen LogP contribution >= 0.6 is 0 Å². The van der Waals surface area contributed by atoms with Gasteiger partial charge in [-0.15, -0.1) is 0 Å². The van der Waals surface area contributed by atoms with Gasteiger partial charge in [-0.25, -0.2) is 0 Å². The van der Waals surface area contributed by atoms with Gasteiger partial charge in [-0.3, -0.25) is 4.98 Å². The van der Waals surface area contributed by atoms with Gasteiger partial charge in [0.2, 0.25) is 0 Å². The van der Waals surface area contributed by atoms with Gasteiger partial charge in [0.05, 0.1) is 13.8 Å². The van der Waals surface area contributed by atoms with Crippen molar-refractivity contribution in [3.05, 3.63) is 60.3 Å². The van der Waals surface area contributed by atoms with Crippen LogP contribution in [0, 0.1) is 0 Å². The summed E-state index contributed by atoms with van der Waals surface area (Å²) in [6, 6.07) is 17.0. The van der Waals surface area contributed by atoms with Gasteiger partial charge in [0, 0.05) is 13.1 Å². The smallest absolute Gasteiger partial charge is 0.0799 e. The Labute approximate surface area is 141 Å². The fourth-order valence-electron chi connectivity index (χ4n) is 2.97. The van der Waals surface area contributed by atoms with Gasteiger partial charge in [-0.2, -0.15) is 0 Å². The van der Waals surface area contributed by atoms with Crippen LogP contribution in [0.25, 0.3) is 22.0 Å². The normalized spacial score (nSPS) is 13.2. The number of benzene rings is 2. The number of nitrogens with zero attached hydrogens (tertiary/aromatic N) is 1. The molecule has 23 heavy (non-hydrogen) atoms. The zero-order valence-electron chi connectivity index (χ0n) is 15.6. The highest BCUT2D eigenvalue weighted by Gasteiger charge is 2.22. The second kappa shape index (κ2) is 5.93. The molecule has 118 valence electrons. The highest BCUT2D eigenvalue weighted by atomic mass is 28.3. The van der Waals surface area contributed by atoms with E-state index in [-0.39, 0.29) is 0 Å². The fraction of sp³-hybridized carbons (Fsp3) is 0.286. The highest BCUT2D eigenvalue weighted by Crippen LogP contribution is 2.26. The van der Waals surface area contributed by atoms with Gasteiger partial charge in [0.15, 0.2) is 0 Å². The first-order chi connectivity index (χ1) is 11.2. The van der Waals surface area contributed by atoms with Crippen molar-refractivity contribution in [3.8, 4) is 11.3 Å². The van der Waals surface area contributed by atoms with Crippen LogP contribution in [0.4, 0.5) is 0 Å². The van der Waals surface area contributed by atoms with E-state index in [2.05, 4.69) is 68.2 Å². The van der Waals surface area contributed by atoms with Crippen LogP contribution in [0.5, 0.6) is 0 Å². The van der Waals surface area contributed by atoms with Crippen molar-refractivity contribution in [2.45, 2.75) is 39.4 Å². The number of aromatic nitrogens is 1. The predicted molar refractivity (Wildman–Crippen MR) is 104 cm³/mol. The average molecular weight is 321 g/mol. The minimum absolute atomic E-state index is 0.621. The topological polar surface area (TPSA) is 12.9 Å². The van der Waals surface area contributed by atoms with Crippen molar-refractivity contribution < 1.29 is 1.37 Å². The van der Waals surface area contributed by atoms with Crippen LogP contribution < -0.4 is 5.19 Å². The zero-order valence-corrected chi connectivity index (χ0v) is 15.6. The Kier molecular flexibility index (Phi) is 3.78. The number of hydrogen-bond acceptors (Lipinski definition) is 1. The molecule has 0 N–H and O–H groups in total. The molecule has 0 unspecified atom stereocenters. The van der Waals surface area contributed by atoms with Crippen LogP contribution in [0.2, 0.25) is 19.6 Å². The average Bonchev–Trinajstić information content (AvgIpc) is 2.52. The molecule has 0 saturated carbocycles. The van der Waals surface area contributed by atoms with Gasteiger partial charge in [-0.05, 0) is 39.5 Å². The van der Waals surface area contributed by atoms with Crippen LogP contribution in [-0.2, 0) is 0 Å². The third-order valence-electron chi connectivity index (χ3n) is 4.30. The molecular formula is C21H25NSi. The highest BCUT2D eigenvalue weighted by molar-refractivity contribution is 6.89. The van der Waals surface area contributed by atoms with E-state index >= 15 is 0 Å². The van der Waals surface area contributed by atoms with Crippen molar-refractivity contribution in [3.63, 3.8) is 0 Å². The summed E-state index contributed by atoms with van der Waals surface area (Å²) in [5, 5.41) is 3.74. The summed E-state index contributed by atoms with van der Waals surface area (Å²) in [6.07, 6.45) is 2.02. The molecule has 3 rings (SSSR count). The Balaban J connectivity index is 2.17. The molecular weight excluding hydrogens is 294 g/mol. The Hall–Kier alpha value is -1.93. The molecule has 0 spiro atoms. The molecule has 0 amide bonds. The first-order valence-corrected chi connectivity index (χ1v) is 11.7. The minimum atomic E-state index is -1.54. The lowest BCUT2D eigenvalue weighted by molar-refractivity contribution is 0.870. The maximum atomic E-state index is 8.58. The summed E-state index contributed by atoms with van der Waals surface area (Å²) >= 11 is 0. The molecule has 0 aliphatic heterocycles. The van der Waals surface area contributed by atoms with E-state index in [1.807, 2.05) is 20.0 Å². The Bertz CT molecular complexity index is 888. The van der Waals surface area contributed by atoms with Crippen molar-refractivity contribution in [1.29, 1.82) is 0 Å². The molecule has 2 heteroatoms. The second-order valence-corrected chi connectivity index (χ2v) is 12.5. The summed E-state index contributed by atoms with van der Waals surface area (Å²) in [7, 11) is -1.54. The monoisotopic (exact) mass is 320 g/mol. The zero-order chi connectivity index (χ0) is 17.5. The van der Waals surface area contributed by atoms with E-state index in [4.69, 9.17) is 6.35 Å². The summed E-state index contributed by atoms with van der Waals surface area (Å²) in [5.41, 5.74) is 3.18. The largest absolute Gasteiger partial charge is 0.256 e. The maximum Gasteiger partial charge on any atom is 0.0799 e. The molecule has 0 aliphatic rings. The number of pyridine rings is 1. The van der Waals surface area contributed by atoms with E-state index in [0.29, 0.717) is 0 Å². The molecule has 0 atom stereocenters. The van der Waals surface area contributed by atoms with Gasteiger partial charge in [0.1, 0.15) is 0 Å². The van der Waals surface area contributed by atoms with Crippen molar-refractivity contribution in [2.24, 2.45) is 0 Å². The van der Waals surface area contributed by atoms with Gasteiger partial charge >= 0.3 is 0 Å². The first kappa shape index (κ1) is 14.6. The second-order valence-electron chi connectivity index (χ2n) is 7.43. The van der Waals surface area contributed by atoms with Crippen LogP contribution in [0.3, 0.4) is 0 Å². The molecule has 1 aromatic heterocycles. The molecule has 2 aromatic carbocycles. The summed E-state index contributed by atoms with van der Waals surface area (Å²) in [4.78, 5) is 4.75. The molecule has 0 bridgehead atoms. The van der Waals surface area contributed by atoms with Crippen LogP contribution in [0.15, 0.2) is 54.7 Å². The van der Waals surface area contributed by atoms with Gasteiger partial charge < -0.3 is 0 Å². The van der Waals surface area contributed by atoms with E-state index in [0.717, 1.165) is 16.8 Å². The van der Waals surface area contributed by atoms with Crippen molar-refractivity contribution in [1.82, 2.24) is 4.98 Å². The van der Waals surface area contributed by atoms with E-state index in [1.54, 1.807) is 0 Å². The molecule has 3 aromatic rings. The summed E-state index contributed by atoms with van der Waals surface area (Å²) in [5.74, 6) is -0.621. The third-order valence-corrected chi connectivity index (χ3v) is 6.31. The van der Waals surface area contributed by atoms with E-state index in [9.17, 15) is 0 Å². The Morgan fingerprint density at radius 2 is 1.65 bits per heavy atom. The van der Waals surface area contributed by atoms with Crippen molar-refractivity contribution >= 4 is 24.0 Å². The van der Waals surface area contributed by atoms with E-state index in [1.165, 1.54) is 16.0 Å². The van der Waals surface area contributed by atoms with Crippen LogP contribution in [-0.4, -0.2) is 13.1 Å². The molecule has 0 radical (unpaired) electrons. The number of hydrogen-bond donors (Lipinski definition) is 0. The molecule has 1 nitrogen and oxygen atoms in total. The summed E-state index contributed by atoms with van der Waals surface area (Å²) < 4.78 is 8.58. The van der Waals surface area contributed by atoms with Gasteiger partial charge in [0.25, 0.3) is 0 Å². The first-order valence-electron chi connectivity index (χ1n) is 8.66. The fourth-order valence-corrected chi connectivity index (χ4v) is 4.56. The molecule has 0 saturated heterocycles. The Morgan fingerprint density at radius 3 is 2.30 bits per heavy atom. The SMILES string of the molecule is [2H]C(C)(C)c1cc(-c2ccc3ccccc3c2)ncc1[Si](C)(C)C. The van der Waals surface area contributed by atoms with Gasteiger partial charge in [-0.1, -0.05) is 69.9 Å². The molecule has 0 aliphatic carbocycles. The number of fused-ring (bicyclic) bond motifs is 1. The van der Waals surface area contributed by atoms with Crippen molar-refractivity contribution in [2.75, 3.05) is 0 Å². The quantitative estimate of drug-likeness (QED) is 0.575. The standard InChI is InChI=1S/C21H25NSi/c1-15(2)19-13-20(22-14-21(19)23(3,4)5)18-11-10-16-8-6-7-9-17(16)12-18/h6-15H,1-5H3/i15D. The Morgan fingerprint density at radius 1 is 0.957 bits per heavy atom. The van der Waals surface area contributed by atoms with E-state index < -0.39 is 14.0 Å². The lowest BCUT2D eigenvalue weighted by Gasteiger charge is -2.23. The lowest BCUT2D eigenvalue weighted by Crippen LogP contribution is -2.40. The number of rotatable bonds is 3. The minimum Gasteiger partial charge on any atom is -0.256 e. The van der Waals surface area contributed by atoms with Crippen LogP contribution in [0.1, 0.15) is 26.7 Å². The predicted octanol–water partition coefficient (Wildman–Crippen LogP) is 5.57. The molecule has 1 heterocycles.